The number of aliphatic hydroxyl groups excluding tert-OH is 1. The first-order chi connectivity index (χ1) is 12.7. The van der Waals surface area contributed by atoms with Gasteiger partial charge in [-0.15, -0.1) is 11.8 Å². The van der Waals surface area contributed by atoms with Crippen LogP contribution in [0, 0.1) is 11.6 Å². The lowest BCUT2D eigenvalue weighted by atomic mass is 10.0. The topological polar surface area (TPSA) is 81.4 Å². The number of benzene rings is 1. The molecule has 1 N–H and O–H groups in total. The molecule has 9 heteroatoms. The van der Waals surface area contributed by atoms with E-state index in [2.05, 4.69) is 5.10 Å². The number of ether oxygens (including phenoxy) is 1. The van der Waals surface area contributed by atoms with Gasteiger partial charge in [0.2, 0.25) is 5.78 Å². The second kappa shape index (κ2) is 9.20. The predicted octanol–water partition coefficient (Wildman–Crippen LogP) is 1.95. The summed E-state index contributed by atoms with van der Waals surface area (Å²) in [6.45, 7) is 0.956. The van der Waals surface area contributed by atoms with Crippen molar-refractivity contribution >= 4 is 17.5 Å². The molecule has 2 rings (SSSR count). The summed E-state index contributed by atoms with van der Waals surface area (Å²) in [6.07, 6.45) is 0.724. The lowest BCUT2D eigenvalue weighted by Gasteiger charge is -2.12. The van der Waals surface area contributed by atoms with Crippen molar-refractivity contribution in [2.75, 3.05) is 19.5 Å². The second-order valence-corrected chi connectivity index (χ2v) is 6.87. The highest BCUT2D eigenvalue weighted by atomic mass is 32.2. The summed E-state index contributed by atoms with van der Waals surface area (Å²) in [5.74, 6) is -2.38. The van der Waals surface area contributed by atoms with Crippen LogP contribution >= 0.6 is 11.8 Å². The highest BCUT2D eigenvalue weighted by Gasteiger charge is 2.23. The minimum Gasteiger partial charge on any atom is -0.391 e. The van der Waals surface area contributed by atoms with Gasteiger partial charge in [-0.05, 0) is 30.9 Å². The molecule has 1 aromatic heterocycles. The average molecular weight is 398 g/mol. The van der Waals surface area contributed by atoms with Gasteiger partial charge in [0, 0.05) is 23.9 Å². The molecule has 1 aromatic carbocycles. The van der Waals surface area contributed by atoms with Gasteiger partial charge in [-0.3, -0.25) is 9.59 Å². The molecular formula is C18H20F2N2O4S. The molecule has 0 radical (unpaired) electrons. The Balaban J connectivity index is 2.41. The van der Waals surface area contributed by atoms with Crippen molar-refractivity contribution in [1.82, 2.24) is 9.78 Å². The van der Waals surface area contributed by atoms with Crippen molar-refractivity contribution in [3.8, 4) is 0 Å². The highest BCUT2D eigenvalue weighted by Crippen LogP contribution is 2.22. The van der Waals surface area contributed by atoms with E-state index in [9.17, 15) is 23.5 Å². The van der Waals surface area contributed by atoms with Crippen molar-refractivity contribution in [1.29, 1.82) is 0 Å². The van der Waals surface area contributed by atoms with Gasteiger partial charge in [-0.25, -0.2) is 13.5 Å². The summed E-state index contributed by atoms with van der Waals surface area (Å²) in [6, 6.07) is 4.46. The molecule has 0 aliphatic heterocycles. The average Bonchev–Trinajstić information content (AvgIpc) is 2.62. The monoisotopic (exact) mass is 398 g/mol. The quantitative estimate of drug-likeness (QED) is 0.541. The molecule has 0 amide bonds. The fraction of sp³-hybridized carbons (Fsp3) is 0.389. The third-order valence-corrected chi connectivity index (χ3v) is 4.49. The first kappa shape index (κ1) is 21.2. The molecule has 0 aliphatic carbocycles. The number of hydrogen-bond acceptors (Lipinski definition) is 6. The normalized spacial score (nSPS) is 12.2. The van der Waals surface area contributed by atoms with Gasteiger partial charge < -0.3 is 9.84 Å². The second-order valence-electron chi connectivity index (χ2n) is 5.99. The highest BCUT2D eigenvalue weighted by molar-refractivity contribution is 7.98. The summed E-state index contributed by atoms with van der Waals surface area (Å²) in [5.41, 5.74) is -1.44. The summed E-state index contributed by atoms with van der Waals surface area (Å²) in [7, 11) is 1.22. The number of hydrogen-bond donors (Lipinski definition) is 1. The van der Waals surface area contributed by atoms with E-state index in [1.807, 2.05) is 0 Å². The zero-order valence-electron chi connectivity index (χ0n) is 15.2. The maximum Gasteiger partial charge on any atom is 0.302 e. The maximum absolute atomic E-state index is 14.6. The van der Waals surface area contributed by atoms with Crippen molar-refractivity contribution < 1.29 is 23.4 Å². The van der Waals surface area contributed by atoms with Crippen molar-refractivity contribution in [2.24, 2.45) is 7.05 Å². The Morgan fingerprint density at radius 1 is 1.41 bits per heavy atom. The molecular weight excluding hydrogens is 378 g/mol. The van der Waals surface area contributed by atoms with E-state index in [-0.39, 0.29) is 29.8 Å². The van der Waals surface area contributed by atoms with E-state index in [0.717, 1.165) is 0 Å². The number of halogens is 2. The summed E-state index contributed by atoms with van der Waals surface area (Å²) >= 11 is 1.35. The number of aromatic nitrogens is 2. The standard InChI is InChI=1S/C18H20F2N2O4S/c1-10(23)8-26-9-15(24)17-13(16(20)18(25)22(2)21-17)6-11-4-5-12(27-3)7-14(11)19/h4-5,7,10,23H,6,8-9H2,1-3H3/t10-/m0/s1. The molecule has 0 unspecified atom stereocenters. The van der Waals surface area contributed by atoms with Gasteiger partial charge in [0.15, 0.2) is 5.82 Å². The van der Waals surface area contributed by atoms with Crippen molar-refractivity contribution in [3.05, 3.63) is 57.0 Å². The van der Waals surface area contributed by atoms with Crippen LogP contribution in [0.25, 0.3) is 0 Å². The number of ketones is 1. The first-order valence-corrected chi connectivity index (χ1v) is 9.34. The zero-order valence-corrected chi connectivity index (χ0v) is 16.0. The van der Waals surface area contributed by atoms with Gasteiger partial charge in [0.05, 0.1) is 12.7 Å². The third kappa shape index (κ3) is 5.21. The maximum atomic E-state index is 14.6. The molecule has 1 atom stereocenters. The number of nitrogens with zero attached hydrogens (tertiary/aromatic N) is 2. The number of thioether (sulfide) groups is 1. The molecule has 0 aliphatic rings. The van der Waals surface area contributed by atoms with E-state index in [4.69, 9.17) is 4.74 Å². The van der Waals surface area contributed by atoms with Crippen LogP contribution in [-0.4, -0.2) is 46.2 Å². The molecule has 0 saturated heterocycles. The van der Waals surface area contributed by atoms with E-state index >= 15 is 0 Å². The van der Waals surface area contributed by atoms with Crippen LogP contribution in [-0.2, 0) is 18.2 Å². The number of rotatable bonds is 8. The van der Waals surface area contributed by atoms with Gasteiger partial charge in [-0.2, -0.15) is 5.10 Å². The van der Waals surface area contributed by atoms with Crippen LogP contribution in [0.1, 0.15) is 28.5 Å². The Kier molecular flexibility index (Phi) is 7.23. The predicted molar refractivity (Wildman–Crippen MR) is 97.3 cm³/mol. The third-order valence-electron chi connectivity index (χ3n) is 3.77. The number of aryl methyl sites for hydroxylation is 1. The SMILES string of the molecule is CSc1ccc(Cc2c(C(=O)COC[C@H](C)O)nn(C)c(=O)c2F)c(F)c1. The van der Waals surface area contributed by atoms with Gasteiger partial charge in [0.25, 0.3) is 0 Å². The van der Waals surface area contributed by atoms with E-state index in [1.54, 1.807) is 12.3 Å². The first-order valence-electron chi connectivity index (χ1n) is 8.11. The summed E-state index contributed by atoms with van der Waals surface area (Å²) < 4.78 is 34.6. The largest absolute Gasteiger partial charge is 0.391 e. The van der Waals surface area contributed by atoms with Gasteiger partial charge in [0.1, 0.15) is 18.1 Å². The van der Waals surface area contributed by atoms with Crippen LogP contribution < -0.4 is 5.56 Å². The van der Waals surface area contributed by atoms with Crippen LogP contribution in [0.2, 0.25) is 0 Å². The van der Waals surface area contributed by atoms with E-state index < -0.39 is 35.7 Å². The lowest BCUT2D eigenvalue weighted by molar-refractivity contribution is 0.0420. The Bertz CT molecular complexity index is 900. The Labute approximate surface area is 159 Å². The fourth-order valence-electron chi connectivity index (χ4n) is 2.40. The molecule has 2 aromatic rings. The molecule has 0 bridgehead atoms. The van der Waals surface area contributed by atoms with E-state index in [1.165, 1.54) is 37.9 Å². The van der Waals surface area contributed by atoms with Crippen LogP contribution in [0.5, 0.6) is 0 Å². The summed E-state index contributed by atoms with van der Waals surface area (Å²) in [5, 5.41) is 13.0. The fourth-order valence-corrected chi connectivity index (χ4v) is 2.82. The van der Waals surface area contributed by atoms with Crippen LogP contribution in [0.3, 0.4) is 0 Å². The number of Topliss-reactive ketones (excluding diaryl/α,β-unsaturated/α-hetero) is 1. The minimum absolute atomic E-state index is 0.0832. The van der Waals surface area contributed by atoms with Crippen LogP contribution in [0.15, 0.2) is 27.9 Å². The smallest absolute Gasteiger partial charge is 0.302 e. The molecule has 0 spiro atoms. The number of carbonyl (C=O) groups is 1. The summed E-state index contributed by atoms with van der Waals surface area (Å²) in [4.78, 5) is 25.0. The molecule has 0 fully saturated rings. The molecule has 0 saturated carbocycles. The zero-order chi connectivity index (χ0) is 20.1. The Morgan fingerprint density at radius 3 is 2.70 bits per heavy atom. The van der Waals surface area contributed by atoms with Gasteiger partial charge >= 0.3 is 5.56 Å². The molecule has 146 valence electrons. The molecule has 6 nitrogen and oxygen atoms in total. The Morgan fingerprint density at radius 2 is 2.11 bits per heavy atom. The Hall–Kier alpha value is -2.10. The lowest BCUT2D eigenvalue weighted by Crippen LogP contribution is -2.30. The van der Waals surface area contributed by atoms with E-state index in [0.29, 0.717) is 9.58 Å². The molecule has 27 heavy (non-hydrogen) atoms. The number of carbonyl (C=O) groups excluding carboxylic acids is 1. The van der Waals surface area contributed by atoms with Crippen molar-refractivity contribution in [2.45, 2.75) is 24.3 Å². The number of aliphatic hydroxyl groups is 1. The van der Waals surface area contributed by atoms with Crippen molar-refractivity contribution in [3.63, 3.8) is 0 Å². The molecule has 1 heterocycles. The minimum atomic E-state index is -1.15. The van der Waals surface area contributed by atoms with Gasteiger partial charge in [-0.1, -0.05) is 6.07 Å². The van der Waals surface area contributed by atoms with Crippen LogP contribution in [0.4, 0.5) is 8.78 Å².